The number of benzene rings is 2. The van der Waals surface area contributed by atoms with Gasteiger partial charge in [-0.25, -0.2) is 4.79 Å². The molecule has 0 fully saturated rings. The Morgan fingerprint density at radius 1 is 1.00 bits per heavy atom. The summed E-state index contributed by atoms with van der Waals surface area (Å²) in [5.41, 5.74) is 2.80. The highest BCUT2D eigenvalue weighted by atomic mass is 19.4. The lowest BCUT2D eigenvalue weighted by Crippen LogP contribution is -2.23. The predicted octanol–water partition coefficient (Wildman–Crippen LogP) is 6.38. The first-order valence-corrected chi connectivity index (χ1v) is 11.0. The highest BCUT2D eigenvalue weighted by Crippen LogP contribution is 2.23. The monoisotopic (exact) mass is 489 g/mol. The average molecular weight is 490 g/mol. The summed E-state index contributed by atoms with van der Waals surface area (Å²) >= 11 is 0. The molecule has 35 heavy (non-hydrogen) atoms. The van der Waals surface area contributed by atoms with Crippen LogP contribution in [0.25, 0.3) is 6.08 Å². The number of allylic oxidation sites excluding steroid dienone is 2. The number of carbonyl (C=O) groups excluding carboxylic acids is 2. The number of rotatable bonds is 8. The van der Waals surface area contributed by atoms with Crippen molar-refractivity contribution in [2.24, 2.45) is 0 Å². The van der Waals surface area contributed by atoms with Gasteiger partial charge in [0.2, 0.25) is 0 Å². The normalized spacial score (nSPS) is 11.8. The van der Waals surface area contributed by atoms with Gasteiger partial charge in [-0.05, 0) is 88.1 Å². The molecule has 2 aromatic carbocycles. The van der Waals surface area contributed by atoms with Crippen LogP contribution in [0.1, 0.15) is 61.7 Å². The lowest BCUT2D eigenvalue weighted by Gasteiger charge is -2.17. The first-order chi connectivity index (χ1) is 16.2. The summed E-state index contributed by atoms with van der Waals surface area (Å²) in [5.74, 6) is -1.26. The summed E-state index contributed by atoms with van der Waals surface area (Å²) < 4.78 is 46.6. The van der Waals surface area contributed by atoms with Crippen LogP contribution in [0.2, 0.25) is 0 Å². The number of carbonyl (C=O) groups is 2. The Hall–Kier alpha value is -3.55. The minimum atomic E-state index is -4.79. The summed E-state index contributed by atoms with van der Waals surface area (Å²) in [6.07, 6.45) is 0.697. The molecular formula is C27H30F3NO4. The molecule has 5 nitrogen and oxygen atoms in total. The van der Waals surface area contributed by atoms with Crippen molar-refractivity contribution in [3.8, 4) is 5.75 Å². The van der Waals surface area contributed by atoms with Gasteiger partial charge in [-0.15, -0.1) is 13.2 Å². The highest BCUT2D eigenvalue weighted by molar-refractivity contribution is 5.95. The predicted molar refractivity (Wildman–Crippen MR) is 129 cm³/mol. The zero-order chi connectivity index (χ0) is 26.2. The van der Waals surface area contributed by atoms with Gasteiger partial charge in [-0.1, -0.05) is 29.8 Å². The molecule has 0 atom stereocenters. The van der Waals surface area contributed by atoms with Crippen LogP contribution in [-0.2, 0) is 22.5 Å². The molecule has 0 spiro atoms. The van der Waals surface area contributed by atoms with E-state index in [1.54, 1.807) is 45.0 Å². The number of halogens is 3. The van der Waals surface area contributed by atoms with E-state index in [1.807, 2.05) is 26.0 Å². The molecule has 0 saturated heterocycles. The summed E-state index contributed by atoms with van der Waals surface area (Å²) in [5, 5.41) is 2.71. The molecule has 8 heteroatoms. The Labute approximate surface area is 203 Å². The van der Waals surface area contributed by atoms with Gasteiger partial charge in [0.15, 0.2) is 0 Å². The Morgan fingerprint density at radius 3 is 2.34 bits per heavy atom. The van der Waals surface area contributed by atoms with Crippen molar-refractivity contribution >= 4 is 18.0 Å². The SMILES string of the molecule is CC(C)=CCc1cc(/C=C/C(=O)OC(C)(C)C)cc(C(=O)NCc2cccc(OC(F)(F)F)c2)c1. The maximum Gasteiger partial charge on any atom is 0.573 e. The van der Waals surface area contributed by atoms with E-state index in [-0.39, 0.29) is 12.3 Å². The molecule has 1 amide bonds. The van der Waals surface area contributed by atoms with Crippen molar-refractivity contribution in [2.45, 2.75) is 59.5 Å². The quantitative estimate of drug-likeness (QED) is 0.266. The molecule has 188 valence electrons. The molecule has 0 aliphatic heterocycles. The molecule has 2 aromatic rings. The molecule has 0 aromatic heterocycles. The first kappa shape index (κ1) is 27.7. The van der Waals surface area contributed by atoms with Crippen molar-refractivity contribution in [3.63, 3.8) is 0 Å². The fraction of sp³-hybridized carbons (Fsp3) is 0.333. The van der Waals surface area contributed by atoms with Crippen LogP contribution in [-0.4, -0.2) is 23.8 Å². The second-order valence-electron chi connectivity index (χ2n) is 9.19. The molecule has 0 aliphatic rings. The Bertz CT molecular complexity index is 1110. The van der Waals surface area contributed by atoms with Gasteiger partial charge in [0, 0.05) is 18.2 Å². The summed E-state index contributed by atoms with van der Waals surface area (Å²) in [4.78, 5) is 24.9. The summed E-state index contributed by atoms with van der Waals surface area (Å²) in [7, 11) is 0. The number of amides is 1. The van der Waals surface area contributed by atoms with Crippen molar-refractivity contribution in [2.75, 3.05) is 0 Å². The van der Waals surface area contributed by atoms with E-state index >= 15 is 0 Å². The van der Waals surface area contributed by atoms with Crippen molar-refractivity contribution < 1.29 is 32.2 Å². The van der Waals surface area contributed by atoms with Crippen LogP contribution in [0.5, 0.6) is 5.75 Å². The molecule has 0 heterocycles. The van der Waals surface area contributed by atoms with E-state index in [4.69, 9.17) is 4.74 Å². The molecule has 2 rings (SSSR count). The van der Waals surface area contributed by atoms with Crippen molar-refractivity contribution in [1.29, 1.82) is 0 Å². The minimum Gasteiger partial charge on any atom is -0.457 e. The average Bonchev–Trinajstić information content (AvgIpc) is 2.72. The van der Waals surface area contributed by atoms with Crippen LogP contribution in [0.15, 0.2) is 60.2 Å². The standard InChI is InChI=1S/C27H30F3NO4/c1-18(2)9-10-19-13-20(11-12-24(32)35-26(3,4)5)15-22(14-19)25(33)31-17-21-7-6-8-23(16-21)34-27(28,29)30/h6-9,11-16H,10,17H2,1-5H3,(H,31,33)/b12-11+. The molecule has 0 saturated carbocycles. The van der Waals surface area contributed by atoms with Crippen molar-refractivity contribution in [3.05, 3.63) is 82.4 Å². The Balaban J connectivity index is 2.21. The zero-order valence-corrected chi connectivity index (χ0v) is 20.5. The fourth-order valence-corrected chi connectivity index (χ4v) is 3.02. The summed E-state index contributed by atoms with van der Waals surface area (Å²) in [6, 6.07) is 10.7. The zero-order valence-electron chi connectivity index (χ0n) is 20.5. The van der Waals surface area contributed by atoms with E-state index in [9.17, 15) is 22.8 Å². The van der Waals surface area contributed by atoms with Gasteiger partial charge in [0.05, 0.1) is 0 Å². The van der Waals surface area contributed by atoms with Crippen LogP contribution in [0.4, 0.5) is 13.2 Å². The Kier molecular flexibility index (Phi) is 9.28. The van der Waals surface area contributed by atoms with Gasteiger partial charge < -0.3 is 14.8 Å². The van der Waals surface area contributed by atoms with Crippen LogP contribution in [0.3, 0.4) is 0 Å². The van der Waals surface area contributed by atoms with Crippen molar-refractivity contribution in [1.82, 2.24) is 5.32 Å². The van der Waals surface area contributed by atoms with E-state index in [0.717, 1.165) is 11.1 Å². The van der Waals surface area contributed by atoms with Gasteiger partial charge in [-0.2, -0.15) is 0 Å². The molecule has 0 unspecified atom stereocenters. The lowest BCUT2D eigenvalue weighted by molar-refractivity contribution is -0.274. The van der Waals surface area contributed by atoms with Gasteiger partial charge in [0.25, 0.3) is 5.91 Å². The van der Waals surface area contributed by atoms with E-state index < -0.39 is 23.8 Å². The van der Waals surface area contributed by atoms with Gasteiger partial charge in [-0.3, -0.25) is 4.79 Å². The van der Waals surface area contributed by atoms with Gasteiger partial charge in [0.1, 0.15) is 11.4 Å². The smallest absolute Gasteiger partial charge is 0.457 e. The number of hydrogen-bond donors (Lipinski definition) is 1. The molecule has 1 N–H and O–H groups in total. The number of ether oxygens (including phenoxy) is 2. The third-order valence-corrected chi connectivity index (χ3v) is 4.43. The third-order valence-electron chi connectivity index (χ3n) is 4.43. The topological polar surface area (TPSA) is 64.6 Å². The van der Waals surface area contributed by atoms with E-state index in [0.29, 0.717) is 23.1 Å². The number of hydrogen-bond acceptors (Lipinski definition) is 4. The number of esters is 1. The molecular weight excluding hydrogens is 459 g/mol. The minimum absolute atomic E-state index is 0.00910. The van der Waals surface area contributed by atoms with Gasteiger partial charge >= 0.3 is 12.3 Å². The van der Waals surface area contributed by atoms with Crippen LogP contribution >= 0.6 is 0 Å². The maximum atomic E-state index is 12.8. The van der Waals surface area contributed by atoms with Crippen LogP contribution < -0.4 is 10.1 Å². The number of alkyl halides is 3. The second kappa shape index (κ2) is 11.7. The first-order valence-electron chi connectivity index (χ1n) is 11.0. The Morgan fingerprint density at radius 2 is 1.71 bits per heavy atom. The van der Waals surface area contributed by atoms with E-state index in [2.05, 4.69) is 10.1 Å². The highest BCUT2D eigenvalue weighted by Gasteiger charge is 2.31. The maximum absolute atomic E-state index is 12.8. The lowest BCUT2D eigenvalue weighted by atomic mass is 10.0. The van der Waals surface area contributed by atoms with E-state index in [1.165, 1.54) is 24.3 Å². The second-order valence-corrected chi connectivity index (χ2v) is 9.19. The number of nitrogens with one attached hydrogen (secondary N) is 1. The van der Waals surface area contributed by atoms with Crippen LogP contribution in [0, 0.1) is 0 Å². The molecule has 0 bridgehead atoms. The largest absolute Gasteiger partial charge is 0.573 e. The molecule has 0 radical (unpaired) electrons. The fourth-order valence-electron chi connectivity index (χ4n) is 3.02. The molecule has 0 aliphatic carbocycles. The third kappa shape index (κ3) is 10.9. The summed E-state index contributed by atoms with van der Waals surface area (Å²) in [6.45, 7) is 9.26.